The molecule has 42 heavy (non-hydrogen) atoms. The lowest BCUT2D eigenvalue weighted by atomic mass is 9.97. The molecular weight excluding hydrogens is 665 g/mol. The van der Waals surface area contributed by atoms with E-state index >= 15 is 0 Å². The Morgan fingerprint density at radius 2 is 1.60 bits per heavy atom. The number of rotatable bonds is 7. The molecule has 0 saturated carbocycles. The van der Waals surface area contributed by atoms with Gasteiger partial charge < -0.3 is 0 Å². The standard InChI is InChI=1S/C26H20Cl2F6N4OS3/c1-11(2)41-23-20(13-5-6-17(27)18(28)9-13)35-24(42-23)38-21(22(39)37-40-4)19(12(3)36-38)14-7-15(25(29,30)31)10-16(8-14)26(32,33)34/h5-11H,1-4H3,(H,37,39). The number of hydrogen-bond donors (Lipinski definition) is 1. The van der Waals surface area contributed by atoms with Crippen molar-refractivity contribution in [2.75, 3.05) is 6.26 Å². The van der Waals surface area contributed by atoms with Crippen LogP contribution < -0.4 is 4.72 Å². The van der Waals surface area contributed by atoms with Crippen molar-refractivity contribution in [3.63, 3.8) is 0 Å². The number of nitrogens with zero attached hydrogens (tertiary/aromatic N) is 3. The van der Waals surface area contributed by atoms with Crippen molar-refractivity contribution in [2.24, 2.45) is 0 Å². The molecule has 2 heterocycles. The van der Waals surface area contributed by atoms with Crippen molar-refractivity contribution in [2.45, 2.75) is 42.6 Å². The van der Waals surface area contributed by atoms with Gasteiger partial charge in [-0.2, -0.15) is 36.1 Å². The number of carbonyl (C=O) groups excluding carboxylic acids is 1. The third-order valence-corrected chi connectivity index (χ3v) is 9.02. The molecule has 0 unspecified atom stereocenters. The minimum atomic E-state index is -5.07. The molecule has 2 aromatic carbocycles. The summed E-state index contributed by atoms with van der Waals surface area (Å²) in [5.41, 5.74) is -2.82. The molecule has 0 atom stereocenters. The van der Waals surface area contributed by atoms with Crippen molar-refractivity contribution in [1.29, 1.82) is 0 Å². The summed E-state index contributed by atoms with van der Waals surface area (Å²) in [6.07, 6.45) is -8.61. The normalized spacial score (nSPS) is 12.3. The van der Waals surface area contributed by atoms with Gasteiger partial charge in [-0.3, -0.25) is 9.52 Å². The maximum atomic E-state index is 13.7. The summed E-state index contributed by atoms with van der Waals surface area (Å²) >= 11 is 15.8. The Morgan fingerprint density at radius 3 is 2.12 bits per heavy atom. The van der Waals surface area contributed by atoms with Gasteiger partial charge in [0.1, 0.15) is 5.69 Å². The number of aromatic nitrogens is 3. The molecule has 5 nitrogen and oxygen atoms in total. The Morgan fingerprint density at radius 1 is 0.976 bits per heavy atom. The Kier molecular flexibility index (Phi) is 9.53. The van der Waals surface area contributed by atoms with Crippen LogP contribution in [0.25, 0.3) is 27.5 Å². The SMILES string of the molecule is CSNC(=O)c1c(-c2cc(C(F)(F)F)cc(C(F)(F)F)c2)c(C)nn1-c1nc(-c2ccc(Cl)c(Cl)c2)c(SC(C)C)s1. The van der Waals surface area contributed by atoms with Gasteiger partial charge in [-0.25, -0.2) is 4.98 Å². The minimum absolute atomic E-state index is 0.0260. The Bertz CT molecular complexity index is 1620. The monoisotopic (exact) mass is 684 g/mol. The van der Waals surface area contributed by atoms with E-state index < -0.39 is 35.0 Å². The first-order chi connectivity index (χ1) is 19.5. The van der Waals surface area contributed by atoms with Crippen molar-refractivity contribution in [1.82, 2.24) is 19.5 Å². The van der Waals surface area contributed by atoms with Crippen molar-refractivity contribution < 1.29 is 31.1 Å². The fourth-order valence-electron chi connectivity index (χ4n) is 3.97. The maximum Gasteiger partial charge on any atom is 0.416 e. The van der Waals surface area contributed by atoms with Gasteiger partial charge in [-0.05, 0) is 42.8 Å². The van der Waals surface area contributed by atoms with Crippen molar-refractivity contribution in [3.05, 3.63) is 69.0 Å². The second kappa shape index (κ2) is 12.3. The summed E-state index contributed by atoms with van der Waals surface area (Å²) in [7, 11) is 0. The fourth-order valence-corrected chi connectivity index (χ4v) is 7.03. The van der Waals surface area contributed by atoms with Gasteiger partial charge in [0.2, 0.25) is 5.13 Å². The highest BCUT2D eigenvalue weighted by Crippen LogP contribution is 2.43. The second-order valence-electron chi connectivity index (χ2n) is 9.08. The lowest BCUT2D eigenvalue weighted by Crippen LogP contribution is -2.20. The number of halogens is 8. The van der Waals surface area contributed by atoms with Crippen molar-refractivity contribution in [3.8, 4) is 27.5 Å². The van der Waals surface area contributed by atoms with Crippen LogP contribution in [0.3, 0.4) is 0 Å². The first-order valence-electron chi connectivity index (χ1n) is 11.9. The number of amides is 1. The summed E-state index contributed by atoms with van der Waals surface area (Å²) in [5.74, 6) is -0.784. The van der Waals surface area contributed by atoms with Gasteiger partial charge in [0.25, 0.3) is 5.91 Å². The van der Waals surface area contributed by atoms with E-state index in [-0.39, 0.29) is 38.4 Å². The highest BCUT2D eigenvalue weighted by molar-refractivity contribution is 8.01. The predicted octanol–water partition coefficient (Wildman–Crippen LogP) is 9.82. The molecule has 0 radical (unpaired) electrons. The zero-order valence-corrected chi connectivity index (χ0v) is 26.0. The smallest absolute Gasteiger partial charge is 0.295 e. The Hall–Kier alpha value is -2.39. The minimum Gasteiger partial charge on any atom is -0.295 e. The molecule has 1 N–H and O–H groups in total. The van der Waals surface area contributed by atoms with Crippen LogP contribution in [-0.4, -0.2) is 32.2 Å². The summed E-state index contributed by atoms with van der Waals surface area (Å²) in [4.78, 5) is 18.0. The lowest BCUT2D eigenvalue weighted by molar-refractivity contribution is -0.143. The van der Waals surface area contributed by atoms with E-state index in [0.717, 1.165) is 32.2 Å². The van der Waals surface area contributed by atoms with E-state index in [0.29, 0.717) is 28.4 Å². The van der Waals surface area contributed by atoms with Crippen LogP contribution in [0.1, 0.15) is 41.2 Å². The molecule has 16 heteroatoms. The van der Waals surface area contributed by atoms with Crippen LogP contribution in [0.4, 0.5) is 26.3 Å². The third kappa shape index (κ3) is 6.88. The molecule has 0 aliphatic carbocycles. The van der Waals surface area contributed by atoms with Crippen LogP contribution in [0.15, 0.2) is 40.6 Å². The topological polar surface area (TPSA) is 59.8 Å². The molecular formula is C26H20Cl2F6N4OS3. The summed E-state index contributed by atoms with van der Waals surface area (Å²) in [5, 5.41) is 5.27. The van der Waals surface area contributed by atoms with Crippen LogP contribution in [0.5, 0.6) is 0 Å². The van der Waals surface area contributed by atoms with Crippen LogP contribution in [0, 0.1) is 6.92 Å². The van der Waals surface area contributed by atoms with Gasteiger partial charge >= 0.3 is 12.4 Å². The van der Waals surface area contributed by atoms with E-state index in [9.17, 15) is 31.1 Å². The zero-order valence-electron chi connectivity index (χ0n) is 22.0. The average Bonchev–Trinajstić information content (AvgIpc) is 3.45. The molecule has 0 fully saturated rings. The number of aryl methyl sites for hydroxylation is 1. The van der Waals surface area contributed by atoms with Gasteiger partial charge in [0, 0.05) is 22.6 Å². The third-order valence-electron chi connectivity index (χ3n) is 5.65. The summed E-state index contributed by atoms with van der Waals surface area (Å²) in [6, 6.07) is 6.10. The highest BCUT2D eigenvalue weighted by Gasteiger charge is 2.38. The van der Waals surface area contributed by atoms with Crippen LogP contribution in [0.2, 0.25) is 10.0 Å². The Balaban J connectivity index is 2.01. The van der Waals surface area contributed by atoms with E-state index in [2.05, 4.69) is 14.8 Å². The largest absolute Gasteiger partial charge is 0.416 e. The maximum absolute atomic E-state index is 13.7. The molecule has 2 aromatic heterocycles. The van der Waals surface area contributed by atoms with E-state index in [1.807, 2.05) is 13.8 Å². The molecule has 4 aromatic rings. The van der Waals surface area contributed by atoms with E-state index in [4.69, 9.17) is 23.2 Å². The molecule has 0 spiro atoms. The van der Waals surface area contributed by atoms with Gasteiger partial charge in [0.15, 0.2) is 0 Å². The lowest BCUT2D eigenvalue weighted by Gasteiger charge is -2.15. The van der Waals surface area contributed by atoms with Crippen LogP contribution in [-0.2, 0) is 12.4 Å². The number of thiazole rings is 1. The van der Waals surface area contributed by atoms with Gasteiger partial charge in [-0.15, -0.1) is 11.8 Å². The molecule has 4 rings (SSSR count). The highest BCUT2D eigenvalue weighted by atomic mass is 35.5. The molecule has 224 valence electrons. The fraction of sp³-hybridized carbons (Fsp3) is 0.269. The predicted molar refractivity (Wildman–Crippen MR) is 157 cm³/mol. The molecule has 0 bridgehead atoms. The summed E-state index contributed by atoms with van der Waals surface area (Å²) in [6.45, 7) is 5.32. The molecule has 0 saturated heterocycles. The molecule has 0 aliphatic heterocycles. The number of hydrogen-bond acceptors (Lipinski definition) is 6. The second-order valence-corrected chi connectivity index (χ2v) is 13.3. The summed E-state index contributed by atoms with van der Waals surface area (Å²) < 4.78 is 86.4. The quantitative estimate of drug-likeness (QED) is 0.119. The first kappa shape index (κ1) is 32.5. The van der Waals surface area contributed by atoms with Crippen LogP contribution >= 0.6 is 58.2 Å². The van der Waals surface area contributed by atoms with E-state index in [1.165, 1.54) is 18.7 Å². The number of alkyl halides is 6. The van der Waals surface area contributed by atoms with Gasteiger partial charge in [-0.1, -0.05) is 66.4 Å². The van der Waals surface area contributed by atoms with Crippen molar-refractivity contribution >= 4 is 64.2 Å². The van der Waals surface area contributed by atoms with Gasteiger partial charge in [0.05, 0.1) is 36.8 Å². The number of carbonyl (C=O) groups is 1. The number of thioether (sulfide) groups is 1. The first-order valence-corrected chi connectivity index (χ1v) is 15.5. The zero-order chi connectivity index (χ0) is 31.1. The van der Waals surface area contributed by atoms with E-state index in [1.54, 1.807) is 24.5 Å². The molecule has 0 aliphatic rings. The number of nitrogens with one attached hydrogen (secondary N) is 1. The average molecular weight is 686 g/mol. The number of benzene rings is 2. The Labute approximate surface area is 259 Å². The molecule has 1 amide bonds.